The van der Waals surface area contributed by atoms with Crippen LogP contribution in [0, 0.1) is 5.41 Å². The van der Waals surface area contributed by atoms with E-state index in [1.165, 1.54) is 12.8 Å². The second kappa shape index (κ2) is 4.52. The van der Waals surface area contributed by atoms with E-state index in [1.807, 2.05) is 13.8 Å². The summed E-state index contributed by atoms with van der Waals surface area (Å²) in [6.45, 7) is 4.50. The van der Waals surface area contributed by atoms with Crippen LogP contribution in [-0.2, 0) is 4.74 Å². The Bertz CT molecular complexity index is 267. The number of rotatable bonds is 2. The third-order valence-electron chi connectivity index (χ3n) is 4.77. The third kappa shape index (κ3) is 2.38. The molecule has 1 atom stereocenters. The van der Waals surface area contributed by atoms with Crippen LogP contribution in [0.25, 0.3) is 0 Å². The summed E-state index contributed by atoms with van der Waals surface area (Å²) >= 11 is 0. The van der Waals surface area contributed by atoms with Gasteiger partial charge in [-0.25, -0.2) is 0 Å². The fourth-order valence-corrected chi connectivity index (χ4v) is 3.64. The molecule has 2 rings (SSSR count). The molecule has 1 saturated heterocycles. The maximum absolute atomic E-state index is 10.9. The number of hydrogen-bond acceptors (Lipinski definition) is 3. The van der Waals surface area contributed by atoms with E-state index in [-0.39, 0.29) is 17.6 Å². The van der Waals surface area contributed by atoms with Crippen LogP contribution in [0.5, 0.6) is 0 Å². The lowest BCUT2D eigenvalue weighted by atomic mass is 9.65. The van der Waals surface area contributed by atoms with Gasteiger partial charge in [0, 0.05) is 11.8 Å². The van der Waals surface area contributed by atoms with Crippen molar-refractivity contribution in [2.24, 2.45) is 5.41 Å². The predicted octanol–water partition coefficient (Wildman–Crippen LogP) is 2.25. The van der Waals surface area contributed by atoms with Gasteiger partial charge in [-0.2, -0.15) is 0 Å². The molecule has 1 heterocycles. The van der Waals surface area contributed by atoms with Gasteiger partial charge < -0.3 is 14.9 Å². The molecular weight excluding hydrogens is 216 g/mol. The first kappa shape index (κ1) is 13.3. The fourth-order valence-electron chi connectivity index (χ4n) is 3.64. The lowest BCUT2D eigenvalue weighted by Gasteiger charge is -2.43. The molecule has 0 spiro atoms. The first-order chi connectivity index (χ1) is 7.93. The molecule has 100 valence electrons. The quantitative estimate of drug-likeness (QED) is 0.730. The highest BCUT2D eigenvalue weighted by Gasteiger charge is 2.56. The van der Waals surface area contributed by atoms with Crippen LogP contribution in [-0.4, -0.2) is 34.6 Å². The molecular formula is C14H26O3. The van der Waals surface area contributed by atoms with Crippen molar-refractivity contribution in [2.45, 2.75) is 70.0 Å². The van der Waals surface area contributed by atoms with Crippen molar-refractivity contribution in [1.82, 2.24) is 0 Å². The number of aliphatic hydroxyl groups excluding tert-OH is 1. The van der Waals surface area contributed by atoms with E-state index in [4.69, 9.17) is 4.74 Å². The molecule has 1 unspecified atom stereocenters. The van der Waals surface area contributed by atoms with Gasteiger partial charge in [0.15, 0.2) is 0 Å². The Hall–Kier alpha value is -0.120. The summed E-state index contributed by atoms with van der Waals surface area (Å²) in [5, 5.41) is 20.8. The normalized spacial score (nSPS) is 36.7. The average Bonchev–Trinajstić information content (AvgIpc) is 2.49. The molecule has 0 aromatic carbocycles. The Morgan fingerprint density at radius 3 is 2.06 bits per heavy atom. The average molecular weight is 242 g/mol. The second-order valence-electron chi connectivity index (χ2n) is 6.61. The smallest absolute Gasteiger partial charge is 0.0985 e. The van der Waals surface area contributed by atoms with Gasteiger partial charge >= 0.3 is 0 Å². The maximum Gasteiger partial charge on any atom is 0.0985 e. The molecule has 0 aromatic rings. The number of aliphatic hydroxyl groups is 2. The zero-order valence-electron chi connectivity index (χ0n) is 11.2. The van der Waals surface area contributed by atoms with E-state index in [0.717, 1.165) is 25.7 Å². The zero-order valence-corrected chi connectivity index (χ0v) is 11.2. The van der Waals surface area contributed by atoms with Gasteiger partial charge in [-0.15, -0.1) is 0 Å². The van der Waals surface area contributed by atoms with Crippen LogP contribution in [0.3, 0.4) is 0 Å². The SMILES string of the molecule is CC1(C)CC(O)(C2(CO)CCCCCC2)CO1. The lowest BCUT2D eigenvalue weighted by Crippen LogP contribution is -2.51. The Balaban J connectivity index is 2.21. The molecule has 0 bridgehead atoms. The van der Waals surface area contributed by atoms with Crippen LogP contribution in [0.4, 0.5) is 0 Å². The van der Waals surface area contributed by atoms with E-state index in [2.05, 4.69) is 0 Å². The molecule has 0 amide bonds. The minimum atomic E-state index is -0.838. The second-order valence-corrected chi connectivity index (χ2v) is 6.61. The van der Waals surface area contributed by atoms with E-state index < -0.39 is 5.60 Å². The molecule has 1 aliphatic carbocycles. The summed E-state index contributed by atoms with van der Waals surface area (Å²) < 4.78 is 5.72. The molecule has 3 heteroatoms. The van der Waals surface area contributed by atoms with Crippen molar-refractivity contribution in [1.29, 1.82) is 0 Å². The lowest BCUT2D eigenvalue weighted by molar-refractivity contribution is -0.118. The van der Waals surface area contributed by atoms with Crippen LogP contribution < -0.4 is 0 Å². The molecule has 2 fully saturated rings. The van der Waals surface area contributed by atoms with Gasteiger partial charge in [0.25, 0.3) is 0 Å². The minimum Gasteiger partial charge on any atom is -0.396 e. The first-order valence-electron chi connectivity index (χ1n) is 6.90. The highest BCUT2D eigenvalue weighted by Crippen LogP contribution is 2.50. The number of hydrogen-bond donors (Lipinski definition) is 2. The van der Waals surface area contributed by atoms with Crippen molar-refractivity contribution in [3.05, 3.63) is 0 Å². The Morgan fingerprint density at radius 2 is 1.65 bits per heavy atom. The Kier molecular flexibility index (Phi) is 3.54. The predicted molar refractivity (Wildman–Crippen MR) is 66.8 cm³/mol. The minimum absolute atomic E-state index is 0.0862. The van der Waals surface area contributed by atoms with Gasteiger partial charge in [-0.1, -0.05) is 25.7 Å². The van der Waals surface area contributed by atoms with Crippen molar-refractivity contribution < 1.29 is 14.9 Å². The van der Waals surface area contributed by atoms with Crippen molar-refractivity contribution in [3.63, 3.8) is 0 Å². The van der Waals surface area contributed by atoms with Crippen molar-refractivity contribution in [2.75, 3.05) is 13.2 Å². The van der Waals surface area contributed by atoms with E-state index in [0.29, 0.717) is 13.0 Å². The first-order valence-corrected chi connectivity index (χ1v) is 6.90. The monoisotopic (exact) mass is 242 g/mol. The molecule has 1 saturated carbocycles. The summed E-state index contributed by atoms with van der Waals surface area (Å²) in [5.41, 5.74) is -1.43. The van der Waals surface area contributed by atoms with Gasteiger partial charge in [-0.3, -0.25) is 0 Å². The van der Waals surface area contributed by atoms with Gasteiger partial charge in [0.05, 0.1) is 24.4 Å². The third-order valence-corrected chi connectivity index (χ3v) is 4.77. The van der Waals surface area contributed by atoms with Crippen LogP contribution in [0.15, 0.2) is 0 Å². The summed E-state index contributed by atoms with van der Waals surface area (Å²) in [6.07, 6.45) is 7.18. The summed E-state index contributed by atoms with van der Waals surface area (Å²) in [7, 11) is 0. The van der Waals surface area contributed by atoms with Crippen molar-refractivity contribution >= 4 is 0 Å². The maximum atomic E-state index is 10.9. The molecule has 2 N–H and O–H groups in total. The van der Waals surface area contributed by atoms with Gasteiger partial charge in [0.1, 0.15) is 0 Å². The zero-order chi connectivity index (χ0) is 12.6. The van der Waals surface area contributed by atoms with Gasteiger partial charge in [-0.05, 0) is 26.7 Å². The fraction of sp³-hybridized carbons (Fsp3) is 1.00. The summed E-state index contributed by atoms with van der Waals surface area (Å²) in [5.74, 6) is 0. The molecule has 1 aliphatic heterocycles. The summed E-state index contributed by atoms with van der Waals surface area (Å²) in [6, 6.07) is 0. The standard InChI is InChI=1S/C14H26O3/c1-12(2)9-14(16,11-17-12)13(10-15)7-5-3-4-6-8-13/h15-16H,3-11H2,1-2H3. The van der Waals surface area contributed by atoms with Crippen LogP contribution >= 0.6 is 0 Å². The molecule has 0 aromatic heterocycles. The van der Waals surface area contributed by atoms with E-state index >= 15 is 0 Å². The highest BCUT2D eigenvalue weighted by molar-refractivity contribution is 5.05. The number of ether oxygens (including phenoxy) is 1. The highest BCUT2D eigenvalue weighted by atomic mass is 16.5. The van der Waals surface area contributed by atoms with Crippen LogP contribution in [0.2, 0.25) is 0 Å². The molecule has 3 nitrogen and oxygen atoms in total. The largest absolute Gasteiger partial charge is 0.396 e. The van der Waals surface area contributed by atoms with Gasteiger partial charge in [0.2, 0.25) is 0 Å². The topological polar surface area (TPSA) is 49.7 Å². The Morgan fingerprint density at radius 1 is 1.06 bits per heavy atom. The van der Waals surface area contributed by atoms with Crippen LogP contribution in [0.1, 0.15) is 58.8 Å². The molecule has 17 heavy (non-hydrogen) atoms. The van der Waals surface area contributed by atoms with E-state index in [1.54, 1.807) is 0 Å². The molecule has 2 aliphatic rings. The Labute approximate surface area is 104 Å². The summed E-state index contributed by atoms with van der Waals surface area (Å²) in [4.78, 5) is 0. The van der Waals surface area contributed by atoms with Crippen molar-refractivity contribution in [3.8, 4) is 0 Å². The molecule has 0 radical (unpaired) electrons. The van der Waals surface area contributed by atoms with E-state index in [9.17, 15) is 10.2 Å².